The monoisotopic (exact) mass is 345 g/mol. The molecule has 134 valence electrons. The average molecular weight is 345 g/mol. The molecule has 0 fully saturated rings. The predicted octanol–water partition coefficient (Wildman–Crippen LogP) is 2.28. The molecule has 0 radical (unpaired) electrons. The molecule has 1 aliphatic rings. The van der Waals surface area contributed by atoms with Gasteiger partial charge >= 0.3 is 11.9 Å². The Bertz CT molecular complexity index is 706. The highest BCUT2D eigenvalue weighted by Crippen LogP contribution is 2.38. The van der Waals surface area contributed by atoms with Gasteiger partial charge in [-0.1, -0.05) is 30.3 Å². The van der Waals surface area contributed by atoms with Crippen molar-refractivity contribution in [3.05, 3.63) is 58.4 Å². The smallest absolute Gasteiger partial charge is 0.336 e. The predicted molar refractivity (Wildman–Crippen MR) is 92.6 cm³/mol. The van der Waals surface area contributed by atoms with Crippen LogP contribution in [-0.4, -0.2) is 39.4 Å². The molecule has 0 saturated carbocycles. The second-order valence-electron chi connectivity index (χ2n) is 5.67. The van der Waals surface area contributed by atoms with Crippen LogP contribution in [0.2, 0.25) is 0 Å². The molecular weight excluding hydrogens is 322 g/mol. The number of esters is 2. The Labute approximate surface area is 147 Å². The Hall–Kier alpha value is -2.60. The van der Waals surface area contributed by atoms with Crippen LogP contribution < -0.4 is 5.32 Å². The Morgan fingerprint density at radius 3 is 2.12 bits per heavy atom. The van der Waals surface area contributed by atoms with Crippen molar-refractivity contribution in [1.82, 2.24) is 5.32 Å². The Balaban J connectivity index is 2.49. The highest BCUT2D eigenvalue weighted by molar-refractivity contribution is 5.99. The molecule has 1 aliphatic heterocycles. The summed E-state index contributed by atoms with van der Waals surface area (Å²) >= 11 is 0. The number of allylic oxidation sites excluding steroid dienone is 2. The van der Waals surface area contributed by atoms with Crippen LogP contribution >= 0.6 is 0 Å². The van der Waals surface area contributed by atoms with E-state index in [0.29, 0.717) is 29.1 Å². The first-order chi connectivity index (χ1) is 12.0. The zero-order valence-corrected chi connectivity index (χ0v) is 14.9. The first-order valence-corrected chi connectivity index (χ1v) is 7.99. The zero-order chi connectivity index (χ0) is 18.4. The van der Waals surface area contributed by atoms with Crippen LogP contribution in [0.5, 0.6) is 0 Å². The number of nitrogens with one attached hydrogen (secondary N) is 1. The normalized spacial score (nSPS) is 17.2. The molecule has 6 heteroatoms. The molecular formula is C19H23NO5. The molecule has 1 unspecified atom stereocenters. The van der Waals surface area contributed by atoms with Crippen molar-refractivity contribution in [1.29, 1.82) is 0 Å². The first kappa shape index (κ1) is 18.7. The molecule has 1 atom stereocenters. The topological polar surface area (TPSA) is 73.9 Å². The third-order valence-corrected chi connectivity index (χ3v) is 4.04. The van der Waals surface area contributed by atoms with Gasteiger partial charge in [-0.2, -0.15) is 0 Å². The van der Waals surface area contributed by atoms with E-state index >= 15 is 0 Å². The SMILES string of the molecule is COCCOC(=O)C1=C(C)NC(C)=C(C(=O)OC)C1c1ccccc1. The summed E-state index contributed by atoms with van der Waals surface area (Å²) in [5, 5.41) is 3.09. The number of hydrogen-bond donors (Lipinski definition) is 1. The van der Waals surface area contributed by atoms with Gasteiger partial charge in [0.05, 0.1) is 30.8 Å². The number of rotatable bonds is 6. The van der Waals surface area contributed by atoms with E-state index in [0.717, 1.165) is 5.56 Å². The largest absolute Gasteiger partial charge is 0.466 e. The van der Waals surface area contributed by atoms with Crippen molar-refractivity contribution in [2.45, 2.75) is 19.8 Å². The fourth-order valence-corrected chi connectivity index (χ4v) is 2.92. The number of benzene rings is 1. The summed E-state index contributed by atoms with van der Waals surface area (Å²) in [7, 11) is 2.86. The quantitative estimate of drug-likeness (QED) is 0.630. The van der Waals surface area contributed by atoms with Crippen molar-refractivity contribution in [3.8, 4) is 0 Å². The van der Waals surface area contributed by atoms with Crippen LogP contribution in [0.15, 0.2) is 52.9 Å². The maximum absolute atomic E-state index is 12.7. The van der Waals surface area contributed by atoms with E-state index in [1.54, 1.807) is 13.8 Å². The van der Waals surface area contributed by atoms with E-state index < -0.39 is 17.9 Å². The minimum atomic E-state index is -0.551. The third kappa shape index (κ3) is 4.09. The summed E-state index contributed by atoms with van der Waals surface area (Å²) in [6.07, 6.45) is 0. The zero-order valence-electron chi connectivity index (χ0n) is 14.9. The molecule has 1 aromatic rings. The van der Waals surface area contributed by atoms with Crippen LogP contribution in [0.25, 0.3) is 0 Å². The van der Waals surface area contributed by atoms with Crippen LogP contribution in [0, 0.1) is 0 Å². The molecule has 1 heterocycles. The molecule has 0 saturated heterocycles. The van der Waals surface area contributed by atoms with Crippen LogP contribution in [0.1, 0.15) is 25.3 Å². The fraction of sp³-hybridized carbons (Fsp3) is 0.368. The van der Waals surface area contributed by atoms with Gasteiger partial charge in [-0.3, -0.25) is 0 Å². The molecule has 25 heavy (non-hydrogen) atoms. The highest BCUT2D eigenvalue weighted by atomic mass is 16.6. The average Bonchev–Trinajstić information content (AvgIpc) is 2.61. The van der Waals surface area contributed by atoms with Gasteiger partial charge < -0.3 is 19.5 Å². The molecule has 0 amide bonds. The van der Waals surface area contributed by atoms with Gasteiger partial charge in [0.25, 0.3) is 0 Å². The van der Waals surface area contributed by atoms with Crippen LogP contribution in [0.4, 0.5) is 0 Å². The highest BCUT2D eigenvalue weighted by Gasteiger charge is 2.37. The molecule has 1 aromatic carbocycles. The molecule has 0 aromatic heterocycles. The van der Waals surface area contributed by atoms with Gasteiger partial charge in [-0.15, -0.1) is 0 Å². The summed E-state index contributed by atoms with van der Waals surface area (Å²) in [5.74, 6) is -1.51. The summed E-state index contributed by atoms with van der Waals surface area (Å²) < 4.78 is 15.2. The molecule has 0 bridgehead atoms. The van der Waals surface area contributed by atoms with Gasteiger partial charge in [-0.05, 0) is 19.4 Å². The lowest BCUT2D eigenvalue weighted by Gasteiger charge is -2.30. The maximum Gasteiger partial charge on any atom is 0.336 e. The fourth-order valence-electron chi connectivity index (χ4n) is 2.92. The second-order valence-corrected chi connectivity index (χ2v) is 5.67. The number of ether oxygens (including phenoxy) is 3. The number of methoxy groups -OCH3 is 2. The number of carbonyl (C=O) groups is 2. The Morgan fingerprint density at radius 1 is 0.960 bits per heavy atom. The van der Waals surface area contributed by atoms with Crippen molar-refractivity contribution in [3.63, 3.8) is 0 Å². The van der Waals surface area contributed by atoms with Crippen LogP contribution in [-0.2, 0) is 23.8 Å². The van der Waals surface area contributed by atoms with E-state index in [9.17, 15) is 9.59 Å². The lowest BCUT2D eigenvalue weighted by molar-refractivity contribution is -0.140. The van der Waals surface area contributed by atoms with Crippen molar-refractivity contribution >= 4 is 11.9 Å². The van der Waals surface area contributed by atoms with Crippen LogP contribution in [0.3, 0.4) is 0 Å². The second kappa shape index (κ2) is 8.48. The van der Waals surface area contributed by atoms with Crippen molar-refractivity contribution < 1.29 is 23.8 Å². The standard InChI is InChI=1S/C19H23NO5/c1-12-15(18(21)24-4)17(14-8-6-5-7-9-14)16(13(2)20-12)19(22)25-11-10-23-3/h5-9,17,20H,10-11H2,1-4H3. The summed E-state index contributed by atoms with van der Waals surface area (Å²) in [5.41, 5.74) is 2.93. The molecule has 0 spiro atoms. The third-order valence-electron chi connectivity index (χ3n) is 4.04. The number of hydrogen-bond acceptors (Lipinski definition) is 6. The summed E-state index contributed by atoms with van der Waals surface area (Å²) in [4.78, 5) is 25.1. The van der Waals surface area contributed by atoms with Crippen molar-refractivity contribution in [2.24, 2.45) is 0 Å². The van der Waals surface area contributed by atoms with Gasteiger partial charge in [0.15, 0.2) is 0 Å². The molecule has 0 aliphatic carbocycles. The van der Waals surface area contributed by atoms with Crippen molar-refractivity contribution in [2.75, 3.05) is 27.4 Å². The Kier molecular flexibility index (Phi) is 6.36. The van der Waals surface area contributed by atoms with E-state index in [4.69, 9.17) is 14.2 Å². The van der Waals surface area contributed by atoms with Gasteiger partial charge in [-0.25, -0.2) is 9.59 Å². The lowest BCUT2D eigenvalue weighted by Crippen LogP contribution is -2.32. The molecule has 1 N–H and O–H groups in total. The van der Waals surface area contributed by atoms with Gasteiger partial charge in [0.1, 0.15) is 6.61 Å². The van der Waals surface area contributed by atoms with Gasteiger partial charge in [0.2, 0.25) is 0 Å². The molecule has 2 rings (SSSR count). The van der Waals surface area contributed by atoms with Gasteiger partial charge in [0, 0.05) is 18.5 Å². The Morgan fingerprint density at radius 2 is 1.56 bits per heavy atom. The van der Waals surface area contributed by atoms with E-state index in [1.807, 2.05) is 30.3 Å². The number of carbonyl (C=O) groups excluding carboxylic acids is 2. The lowest BCUT2D eigenvalue weighted by atomic mass is 9.80. The summed E-state index contributed by atoms with van der Waals surface area (Å²) in [6.45, 7) is 4.03. The minimum Gasteiger partial charge on any atom is -0.466 e. The summed E-state index contributed by atoms with van der Waals surface area (Å²) in [6, 6.07) is 9.37. The minimum absolute atomic E-state index is 0.143. The van der Waals surface area contributed by atoms with E-state index in [-0.39, 0.29) is 6.61 Å². The maximum atomic E-state index is 12.7. The first-order valence-electron chi connectivity index (χ1n) is 7.99. The number of dihydropyridines is 1. The van der Waals surface area contributed by atoms with E-state index in [1.165, 1.54) is 14.2 Å². The molecule has 6 nitrogen and oxygen atoms in total. The van der Waals surface area contributed by atoms with E-state index in [2.05, 4.69) is 5.32 Å².